The standard InChI is InChI=1S/C18H25N3O/c22-18(21-12-4-7-17(21)14-8-9-14)19-15-5-3-6-16(13-15)20-10-1-2-11-20/h3,5-6,13-14,17H,1-2,4,7-12H2,(H,19,22). The van der Waals surface area contributed by atoms with Crippen molar-refractivity contribution in [3.8, 4) is 0 Å². The maximum atomic E-state index is 12.6. The molecule has 1 unspecified atom stereocenters. The van der Waals surface area contributed by atoms with Crippen molar-refractivity contribution in [2.24, 2.45) is 5.92 Å². The van der Waals surface area contributed by atoms with Crippen molar-refractivity contribution in [2.45, 2.75) is 44.6 Å². The summed E-state index contributed by atoms with van der Waals surface area (Å²) in [7, 11) is 0. The average Bonchev–Trinajstić information content (AvgIpc) is 3.05. The summed E-state index contributed by atoms with van der Waals surface area (Å²) in [5, 5.41) is 3.12. The van der Waals surface area contributed by atoms with Crippen molar-refractivity contribution in [3.63, 3.8) is 0 Å². The minimum atomic E-state index is 0.0907. The fourth-order valence-corrected chi connectivity index (χ4v) is 3.97. The van der Waals surface area contributed by atoms with Crippen LogP contribution in [0.15, 0.2) is 24.3 Å². The maximum absolute atomic E-state index is 12.6. The summed E-state index contributed by atoms with van der Waals surface area (Å²) in [4.78, 5) is 17.1. The predicted octanol–water partition coefficient (Wildman–Crippen LogP) is 3.69. The lowest BCUT2D eigenvalue weighted by atomic mass is 10.1. The number of likely N-dealkylation sites (tertiary alicyclic amines) is 1. The summed E-state index contributed by atoms with van der Waals surface area (Å²) in [6, 6.07) is 8.88. The molecule has 1 aliphatic carbocycles. The van der Waals surface area contributed by atoms with Crippen LogP contribution in [-0.2, 0) is 0 Å². The molecule has 3 fully saturated rings. The molecular weight excluding hydrogens is 274 g/mol. The van der Waals surface area contributed by atoms with Crippen molar-refractivity contribution in [2.75, 3.05) is 29.9 Å². The lowest BCUT2D eigenvalue weighted by Gasteiger charge is -2.25. The Hall–Kier alpha value is -1.71. The average molecular weight is 299 g/mol. The van der Waals surface area contributed by atoms with Crippen molar-refractivity contribution in [1.29, 1.82) is 0 Å². The Kier molecular flexibility index (Phi) is 3.68. The van der Waals surface area contributed by atoms with Crippen LogP contribution in [0, 0.1) is 5.92 Å². The molecule has 118 valence electrons. The van der Waals surface area contributed by atoms with Crippen LogP contribution in [0.5, 0.6) is 0 Å². The molecule has 4 rings (SSSR count). The van der Waals surface area contributed by atoms with Gasteiger partial charge in [-0.3, -0.25) is 0 Å². The van der Waals surface area contributed by atoms with Gasteiger partial charge in [-0.25, -0.2) is 4.79 Å². The summed E-state index contributed by atoms with van der Waals surface area (Å²) in [5.74, 6) is 0.768. The molecule has 1 aromatic rings. The van der Waals surface area contributed by atoms with Gasteiger partial charge in [0.05, 0.1) is 0 Å². The van der Waals surface area contributed by atoms with Crippen LogP contribution in [0.25, 0.3) is 0 Å². The number of nitrogens with one attached hydrogen (secondary N) is 1. The number of hydrogen-bond acceptors (Lipinski definition) is 2. The zero-order chi connectivity index (χ0) is 14.9. The van der Waals surface area contributed by atoms with E-state index in [4.69, 9.17) is 0 Å². The molecule has 3 aliphatic rings. The van der Waals surface area contributed by atoms with E-state index >= 15 is 0 Å². The number of urea groups is 1. The van der Waals surface area contributed by atoms with Crippen molar-refractivity contribution < 1.29 is 4.79 Å². The van der Waals surface area contributed by atoms with Gasteiger partial charge < -0.3 is 15.1 Å². The fraction of sp³-hybridized carbons (Fsp3) is 0.611. The molecular formula is C18H25N3O. The predicted molar refractivity (Wildman–Crippen MR) is 89.4 cm³/mol. The Morgan fingerprint density at radius 3 is 2.64 bits per heavy atom. The molecule has 2 heterocycles. The Labute approximate surface area is 132 Å². The second-order valence-electron chi connectivity index (χ2n) is 6.92. The Morgan fingerprint density at radius 1 is 1.05 bits per heavy atom. The molecule has 2 saturated heterocycles. The van der Waals surface area contributed by atoms with E-state index in [9.17, 15) is 4.79 Å². The normalized spacial score (nSPS) is 24.8. The summed E-state index contributed by atoms with van der Waals surface area (Å²) in [5.41, 5.74) is 2.16. The third-order valence-corrected chi connectivity index (χ3v) is 5.29. The van der Waals surface area contributed by atoms with Gasteiger partial charge in [-0.1, -0.05) is 6.07 Å². The molecule has 0 spiro atoms. The summed E-state index contributed by atoms with van der Waals surface area (Å²) < 4.78 is 0. The van der Waals surface area contributed by atoms with Crippen LogP contribution in [0.3, 0.4) is 0 Å². The Balaban J connectivity index is 1.43. The highest BCUT2D eigenvalue weighted by atomic mass is 16.2. The highest BCUT2D eigenvalue weighted by Crippen LogP contribution is 2.40. The topological polar surface area (TPSA) is 35.6 Å². The lowest BCUT2D eigenvalue weighted by Crippen LogP contribution is -2.39. The first-order chi connectivity index (χ1) is 10.8. The highest BCUT2D eigenvalue weighted by molar-refractivity contribution is 5.90. The number of nitrogens with zero attached hydrogens (tertiary/aromatic N) is 2. The number of hydrogen-bond donors (Lipinski definition) is 1. The molecule has 2 aliphatic heterocycles. The van der Waals surface area contributed by atoms with Crippen molar-refractivity contribution >= 4 is 17.4 Å². The number of carbonyl (C=O) groups excluding carboxylic acids is 1. The Morgan fingerprint density at radius 2 is 1.86 bits per heavy atom. The number of anilines is 2. The monoisotopic (exact) mass is 299 g/mol. The molecule has 1 N–H and O–H groups in total. The van der Waals surface area contributed by atoms with E-state index in [0.29, 0.717) is 6.04 Å². The minimum Gasteiger partial charge on any atom is -0.371 e. The van der Waals surface area contributed by atoms with E-state index in [-0.39, 0.29) is 6.03 Å². The molecule has 1 saturated carbocycles. The number of rotatable bonds is 3. The van der Waals surface area contributed by atoms with E-state index in [2.05, 4.69) is 27.2 Å². The van der Waals surface area contributed by atoms with E-state index < -0.39 is 0 Å². The number of amides is 2. The van der Waals surface area contributed by atoms with E-state index in [1.807, 2.05) is 12.1 Å². The van der Waals surface area contributed by atoms with Crippen LogP contribution >= 0.6 is 0 Å². The molecule has 4 heteroatoms. The molecule has 0 aromatic heterocycles. The van der Waals surface area contributed by atoms with Crippen molar-refractivity contribution in [1.82, 2.24) is 4.90 Å². The van der Waals surface area contributed by atoms with Gasteiger partial charge in [0.2, 0.25) is 0 Å². The second-order valence-corrected chi connectivity index (χ2v) is 6.92. The highest BCUT2D eigenvalue weighted by Gasteiger charge is 2.40. The molecule has 2 amide bonds. The van der Waals surface area contributed by atoms with Gasteiger partial charge in [-0.05, 0) is 62.6 Å². The Bertz CT molecular complexity index is 549. The second kappa shape index (κ2) is 5.82. The quantitative estimate of drug-likeness (QED) is 0.924. The van der Waals surface area contributed by atoms with Crippen LogP contribution < -0.4 is 10.2 Å². The molecule has 1 atom stereocenters. The molecule has 0 bridgehead atoms. The van der Waals surface area contributed by atoms with Gasteiger partial charge in [0.1, 0.15) is 0 Å². The zero-order valence-corrected chi connectivity index (χ0v) is 13.1. The summed E-state index contributed by atoms with van der Waals surface area (Å²) >= 11 is 0. The van der Waals surface area contributed by atoms with Crippen LogP contribution in [-0.4, -0.2) is 36.6 Å². The van der Waals surface area contributed by atoms with Gasteiger partial charge in [-0.2, -0.15) is 0 Å². The summed E-state index contributed by atoms with van der Waals surface area (Å²) in [6.45, 7) is 3.18. The van der Waals surface area contributed by atoms with Gasteiger partial charge in [0.25, 0.3) is 0 Å². The largest absolute Gasteiger partial charge is 0.371 e. The third kappa shape index (κ3) is 2.79. The first kappa shape index (κ1) is 13.9. The van der Waals surface area contributed by atoms with Crippen LogP contribution in [0.2, 0.25) is 0 Å². The SMILES string of the molecule is O=C(Nc1cccc(N2CCCC2)c1)N1CCCC1C1CC1. The van der Waals surface area contributed by atoms with E-state index in [0.717, 1.165) is 37.7 Å². The van der Waals surface area contributed by atoms with Crippen molar-refractivity contribution in [3.05, 3.63) is 24.3 Å². The van der Waals surface area contributed by atoms with Gasteiger partial charge in [-0.15, -0.1) is 0 Å². The first-order valence-electron chi connectivity index (χ1n) is 8.74. The lowest BCUT2D eigenvalue weighted by molar-refractivity contribution is 0.200. The van der Waals surface area contributed by atoms with Crippen LogP contribution in [0.1, 0.15) is 38.5 Å². The smallest absolute Gasteiger partial charge is 0.322 e. The van der Waals surface area contributed by atoms with E-state index in [1.54, 1.807) is 0 Å². The molecule has 22 heavy (non-hydrogen) atoms. The zero-order valence-electron chi connectivity index (χ0n) is 13.1. The fourth-order valence-electron chi connectivity index (χ4n) is 3.97. The minimum absolute atomic E-state index is 0.0907. The van der Waals surface area contributed by atoms with E-state index in [1.165, 1.54) is 37.8 Å². The number of benzene rings is 1. The summed E-state index contributed by atoms with van der Waals surface area (Å²) in [6.07, 6.45) is 7.49. The maximum Gasteiger partial charge on any atom is 0.322 e. The molecule has 4 nitrogen and oxygen atoms in total. The van der Waals surface area contributed by atoms with Gasteiger partial charge >= 0.3 is 6.03 Å². The molecule has 1 aromatic carbocycles. The van der Waals surface area contributed by atoms with Gasteiger partial charge in [0.15, 0.2) is 0 Å². The third-order valence-electron chi connectivity index (χ3n) is 5.29. The first-order valence-corrected chi connectivity index (χ1v) is 8.74. The number of carbonyl (C=O) groups is 1. The van der Waals surface area contributed by atoms with Gasteiger partial charge in [0, 0.05) is 37.1 Å². The van der Waals surface area contributed by atoms with Crippen LogP contribution in [0.4, 0.5) is 16.2 Å². The molecule has 0 radical (unpaired) electrons.